The molecule has 0 fully saturated rings. The van der Waals surface area contributed by atoms with Gasteiger partial charge in [0.25, 0.3) is 0 Å². The first-order valence-electron chi connectivity index (χ1n) is 3.79. The van der Waals surface area contributed by atoms with Crippen LogP contribution in [0.5, 0.6) is 0 Å². The molecule has 80 valence electrons. The molecule has 2 heterocycles. The quantitative estimate of drug-likeness (QED) is 0.724. The van der Waals surface area contributed by atoms with E-state index in [4.69, 9.17) is 11.6 Å². The zero-order chi connectivity index (χ0) is 11.2. The highest BCUT2D eigenvalue weighted by Crippen LogP contribution is 2.31. The molecule has 0 N–H and O–H groups in total. The molecule has 2 aromatic rings. The van der Waals surface area contributed by atoms with Crippen LogP contribution in [0.25, 0.3) is 5.52 Å². The molecule has 0 aliphatic carbocycles. The number of nitrogens with zero attached hydrogens (tertiary/aromatic N) is 2. The number of imidazole rings is 1. The van der Waals surface area contributed by atoms with Gasteiger partial charge in [-0.15, -0.1) is 0 Å². The van der Waals surface area contributed by atoms with Gasteiger partial charge < -0.3 is 0 Å². The first-order valence-corrected chi connectivity index (χ1v) is 4.96. The number of fused-ring (bicyclic) bond motifs is 1. The van der Waals surface area contributed by atoms with Gasteiger partial charge in [-0.25, -0.2) is 4.98 Å². The predicted octanol–water partition coefficient (Wildman–Crippen LogP) is 3.77. The van der Waals surface area contributed by atoms with Crippen LogP contribution in [0.15, 0.2) is 22.9 Å². The summed E-state index contributed by atoms with van der Waals surface area (Å²) in [6.07, 6.45) is -2.17. The van der Waals surface area contributed by atoms with Gasteiger partial charge in [-0.2, -0.15) is 13.2 Å². The maximum Gasteiger partial charge on any atom is 0.450 e. The van der Waals surface area contributed by atoms with Crippen molar-refractivity contribution < 1.29 is 13.2 Å². The van der Waals surface area contributed by atoms with Crippen LogP contribution >= 0.6 is 27.5 Å². The predicted molar refractivity (Wildman–Crippen MR) is 52.9 cm³/mol. The normalized spacial score (nSPS) is 12.3. The third-order valence-corrected chi connectivity index (χ3v) is 2.65. The van der Waals surface area contributed by atoms with Crippen LogP contribution in [0.3, 0.4) is 0 Å². The van der Waals surface area contributed by atoms with Crippen molar-refractivity contribution in [3.8, 4) is 0 Å². The summed E-state index contributed by atoms with van der Waals surface area (Å²) in [7, 11) is 0. The average Bonchev–Trinajstić information content (AvgIpc) is 2.45. The second kappa shape index (κ2) is 3.38. The smallest absolute Gasteiger partial charge is 0.294 e. The number of hydrogen-bond donors (Lipinski definition) is 0. The lowest BCUT2D eigenvalue weighted by molar-refractivity contribution is -0.145. The monoisotopic (exact) mass is 298 g/mol. The average molecular weight is 299 g/mol. The van der Waals surface area contributed by atoms with Gasteiger partial charge in [0.1, 0.15) is 0 Å². The molecule has 7 heteroatoms. The van der Waals surface area contributed by atoms with E-state index in [1.807, 2.05) is 0 Å². The fourth-order valence-electron chi connectivity index (χ4n) is 1.23. The summed E-state index contributed by atoms with van der Waals surface area (Å²) in [5.74, 6) is -0.985. The summed E-state index contributed by atoms with van der Waals surface area (Å²) in [4.78, 5) is 3.32. The lowest BCUT2D eigenvalue weighted by Gasteiger charge is -2.06. The van der Waals surface area contributed by atoms with Crippen molar-refractivity contribution in [3.05, 3.63) is 33.8 Å². The number of alkyl halides is 3. The Labute approximate surface area is 95.8 Å². The molecule has 0 bridgehead atoms. The molecule has 0 aliphatic rings. The maximum atomic E-state index is 12.5. The van der Waals surface area contributed by atoms with E-state index in [0.717, 1.165) is 10.6 Å². The molecule has 0 aliphatic heterocycles. The Kier molecular flexibility index (Phi) is 2.42. The fraction of sp³-hybridized carbons (Fsp3) is 0.125. The highest BCUT2D eigenvalue weighted by molar-refractivity contribution is 9.10. The molecule has 0 atom stereocenters. The molecular weight excluding hydrogens is 296 g/mol. The van der Waals surface area contributed by atoms with Crippen molar-refractivity contribution in [2.75, 3.05) is 0 Å². The molecule has 2 nitrogen and oxygen atoms in total. The van der Waals surface area contributed by atoms with Gasteiger partial charge in [0.05, 0.1) is 16.7 Å². The number of halogens is 5. The topological polar surface area (TPSA) is 17.3 Å². The summed E-state index contributed by atoms with van der Waals surface area (Å²) in [6.45, 7) is 0. The van der Waals surface area contributed by atoms with E-state index < -0.39 is 12.0 Å². The summed E-state index contributed by atoms with van der Waals surface area (Å²) >= 11 is 8.77. The highest BCUT2D eigenvalue weighted by Gasteiger charge is 2.36. The number of rotatable bonds is 0. The van der Waals surface area contributed by atoms with Crippen molar-refractivity contribution in [2.24, 2.45) is 0 Å². The zero-order valence-electron chi connectivity index (χ0n) is 7.02. The second-order valence-corrected chi connectivity index (χ2v) is 4.13. The molecule has 0 saturated carbocycles. The molecule has 0 aromatic carbocycles. The van der Waals surface area contributed by atoms with Gasteiger partial charge in [-0.1, -0.05) is 11.6 Å². The van der Waals surface area contributed by atoms with E-state index in [9.17, 15) is 13.2 Å². The van der Waals surface area contributed by atoms with Gasteiger partial charge in [-0.05, 0) is 22.0 Å². The van der Waals surface area contributed by atoms with Gasteiger partial charge in [0.15, 0.2) is 0 Å². The maximum absolute atomic E-state index is 12.5. The summed E-state index contributed by atoms with van der Waals surface area (Å²) < 4.78 is 38.8. The van der Waals surface area contributed by atoms with E-state index in [2.05, 4.69) is 20.9 Å². The summed E-state index contributed by atoms with van der Waals surface area (Å²) in [6, 6.07) is 1.51. The zero-order valence-corrected chi connectivity index (χ0v) is 9.36. The lowest BCUT2D eigenvalue weighted by Crippen LogP contribution is -2.10. The largest absolute Gasteiger partial charge is 0.450 e. The number of pyridine rings is 1. The van der Waals surface area contributed by atoms with Crippen molar-refractivity contribution in [1.29, 1.82) is 0 Å². The van der Waals surface area contributed by atoms with Gasteiger partial charge in [0.2, 0.25) is 5.82 Å². The molecule has 0 radical (unpaired) electrons. The van der Waals surface area contributed by atoms with Crippen LogP contribution in [-0.4, -0.2) is 9.38 Å². The first-order chi connectivity index (χ1) is 6.89. The molecule has 0 unspecified atom stereocenters. The van der Waals surface area contributed by atoms with Crippen LogP contribution in [0.4, 0.5) is 13.2 Å². The van der Waals surface area contributed by atoms with E-state index in [1.165, 1.54) is 12.3 Å². The summed E-state index contributed by atoms with van der Waals surface area (Å²) in [5, 5.41) is 0.206. The molecule has 2 rings (SSSR count). The van der Waals surface area contributed by atoms with Gasteiger partial charge in [0, 0.05) is 10.7 Å². The molecule has 0 spiro atoms. The molecule has 15 heavy (non-hydrogen) atoms. The van der Waals surface area contributed by atoms with Crippen LogP contribution < -0.4 is 0 Å². The van der Waals surface area contributed by atoms with Crippen molar-refractivity contribution in [2.45, 2.75) is 6.18 Å². The van der Waals surface area contributed by atoms with Crippen molar-refractivity contribution >= 4 is 33.0 Å². The van der Waals surface area contributed by atoms with E-state index in [-0.39, 0.29) is 5.02 Å². The van der Waals surface area contributed by atoms with Crippen molar-refractivity contribution in [3.63, 3.8) is 0 Å². The Morgan fingerprint density at radius 2 is 2.07 bits per heavy atom. The minimum Gasteiger partial charge on any atom is -0.294 e. The fourth-order valence-corrected chi connectivity index (χ4v) is 2.11. The number of aromatic nitrogens is 2. The molecule has 2 aromatic heterocycles. The van der Waals surface area contributed by atoms with Crippen molar-refractivity contribution in [1.82, 2.24) is 9.38 Å². The van der Waals surface area contributed by atoms with E-state index in [1.54, 1.807) is 0 Å². The minimum absolute atomic E-state index is 0.206. The van der Waals surface area contributed by atoms with E-state index in [0.29, 0.717) is 9.99 Å². The number of hydrogen-bond acceptors (Lipinski definition) is 1. The van der Waals surface area contributed by atoms with Gasteiger partial charge >= 0.3 is 6.18 Å². The lowest BCUT2D eigenvalue weighted by atomic mass is 10.4. The molecule has 0 saturated heterocycles. The standard InChI is InChI=1S/C8H3BrClF3N2/c9-5-1-4(10)3-15-6(5)2-14-7(15)8(11,12)13/h1-3H. The van der Waals surface area contributed by atoms with Crippen LogP contribution in [0.2, 0.25) is 5.02 Å². The van der Waals surface area contributed by atoms with E-state index >= 15 is 0 Å². The van der Waals surface area contributed by atoms with Crippen LogP contribution in [0.1, 0.15) is 5.82 Å². The Bertz CT molecular complexity index is 520. The Balaban J connectivity index is 2.80. The molecular formula is C8H3BrClF3N2. The Morgan fingerprint density at radius 1 is 1.40 bits per heavy atom. The Hall–Kier alpha value is -0.750. The third kappa shape index (κ3) is 1.83. The summed E-state index contributed by atoms with van der Waals surface area (Å²) in [5.41, 5.74) is 0.326. The second-order valence-electron chi connectivity index (χ2n) is 2.84. The van der Waals surface area contributed by atoms with Crippen LogP contribution in [0, 0.1) is 0 Å². The third-order valence-electron chi connectivity index (χ3n) is 1.81. The molecule has 0 amide bonds. The highest BCUT2D eigenvalue weighted by atomic mass is 79.9. The Morgan fingerprint density at radius 3 is 2.67 bits per heavy atom. The van der Waals surface area contributed by atoms with Gasteiger partial charge in [-0.3, -0.25) is 4.40 Å². The minimum atomic E-state index is -4.49. The van der Waals surface area contributed by atoms with Crippen LogP contribution in [-0.2, 0) is 6.18 Å². The first kappa shape index (κ1) is 10.8. The SMILES string of the molecule is FC(F)(F)c1ncc2c(Br)cc(Cl)cn12.